The lowest BCUT2D eigenvalue weighted by Gasteiger charge is -2.11. The molecule has 0 heterocycles. The third kappa shape index (κ3) is 4.29. The molecule has 3 N–H and O–H groups in total. The highest BCUT2D eigenvalue weighted by molar-refractivity contribution is 6.43. The quantitative estimate of drug-likeness (QED) is 0.833. The van der Waals surface area contributed by atoms with Crippen molar-refractivity contribution in [2.45, 2.75) is 6.42 Å². The summed E-state index contributed by atoms with van der Waals surface area (Å²) < 4.78 is 0. The molecule has 0 radical (unpaired) electrons. The zero-order chi connectivity index (χ0) is 14.6. The van der Waals surface area contributed by atoms with Crippen LogP contribution in [0.2, 0.25) is 10.0 Å². The van der Waals surface area contributed by atoms with Crippen molar-refractivity contribution >= 4 is 40.7 Å². The topological polar surface area (TPSA) is 75.4 Å². The monoisotopic (exact) mass is 303 g/mol. The molecule has 0 aliphatic rings. The summed E-state index contributed by atoms with van der Waals surface area (Å²) in [4.78, 5) is 24.6. The van der Waals surface area contributed by atoms with Crippen LogP contribution in [-0.2, 0) is 4.79 Å². The number of nitrogen functional groups attached to an aromatic ring is 1. The van der Waals surface area contributed by atoms with Gasteiger partial charge in [0.1, 0.15) is 0 Å². The Hall–Kier alpha value is -1.46. The van der Waals surface area contributed by atoms with Gasteiger partial charge in [-0.05, 0) is 12.1 Å². The molecule has 0 bridgehead atoms. The molecule has 2 amide bonds. The molecule has 0 aliphatic carbocycles. The number of anilines is 1. The molecule has 1 rings (SSSR count). The fourth-order valence-electron chi connectivity index (χ4n) is 1.35. The Morgan fingerprint density at radius 3 is 2.47 bits per heavy atom. The van der Waals surface area contributed by atoms with E-state index in [9.17, 15) is 9.59 Å². The number of benzene rings is 1. The average Bonchev–Trinajstić information content (AvgIpc) is 2.34. The second-order valence-corrected chi connectivity index (χ2v) is 4.94. The molecular formula is C12H15Cl2N3O2. The summed E-state index contributed by atoms with van der Waals surface area (Å²) in [5.74, 6) is -0.411. The highest BCUT2D eigenvalue weighted by Crippen LogP contribution is 2.29. The van der Waals surface area contributed by atoms with E-state index in [1.54, 1.807) is 14.1 Å². The zero-order valence-corrected chi connectivity index (χ0v) is 12.2. The van der Waals surface area contributed by atoms with Gasteiger partial charge in [-0.25, -0.2) is 0 Å². The van der Waals surface area contributed by atoms with Crippen LogP contribution in [0.5, 0.6) is 0 Å². The molecule has 1 aromatic carbocycles. The third-order valence-corrected chi connectivity index (χ3v) is 3.26. The Morgan fingerprint density at radius 1 is 1.32 bits per heavy atom. The number of halogens is 2. The van der Waals surface area contributed by atoms with Crippen molar-refractivity contribution in [2.75, 3.05) is 26.4 Å². The van der Waals surface area contributed by atoms with Gasteiger partial charge in [-0.2, -0.15) is 0 Å². The van der Waals surface area contributed by atoms with Crippen LogP contribution in [0.15, 0.2) is 12.1 Å². The number of rotatable bonds is 4. The molecule has 0 atom stereocenters. The van der Waals surface area contributed by atoms with E-state index in [1.807, 2.05) is 0 Å². The smallest absolute Gasteiger partial charge is 0.251 e. The van der Waals surface area contributed by atoms with Gasteiger partial charge in [0.2, 0.25) is 5.91 Å². The summed E-state index contributed by atoms with van der Waals surface area (Å²) in [5, 5.41) is 3.06. The molecule has 5 nitrogen and oxygen atoms in total. The van der Waals surface area contributed by atoms with Gasteiger partial charge in [0, 0.05) is 32.6 Å². The van der Waals surface area contributed by atoms with Crippen molar-refractivity contribution < 1.29 is 9.59 Å². The fourth-order valence-corrected chi connectivity index (χ4v) is 1.69. The lowest BCUT2D eigenvalue weighted by Crippen LogP contribution is -2.30. The molecule has 0 fully saturated rings. The number of carbonyl (C=O) groups is 2. The van der Waals surface area contributed by atoms with E-state index < -0.39 is 0 Å². The predicted octanol–water partition coefficient (Wildman–Crippen LogP) is 1.78. The predicted molar refractivity (Wildman–Crippen MR) is 76.5 cm³/mol. The van der Waals surface area contributed by atoms with Gasteiger partial charge in [0.15, 0.2) is 0 Å². The fraction of sp³-hybridized carbons (Fsp3) is 0.333. The molecule has 19 heavy (non-hydrogen) atoms. The third-order valence-electron chi connectivity index (χ3n) is 2.44. The Morgan fingerprint density at radius 2 is 1.95 bits per heavy atom. The number of carbonyl (C=O) groups excluding carboxylic acids is 2. The van der Waals surface area contributed by atoms with Crippen LogP contribution in [0.25, 0.3) is 0 Å². The zero-order valence-electron chi connectivity index (χ0n) is 10.7. The van der Waals surface area contributed by atoms with Gasteiger partial charge in [0.25, 0.3) is 5.91 Å². The first-order valence-corrected chi connectivity index (χ1v) is 6.31. The second kappa shape index (κ2) is 6.63. The van der Waals surface area contributed by atoms with Crippen LogP contribution in [-0.4, -0.2) is 37.4 Å². The Kier molecular flexibility index (Phi) is 5.44. The molecule has 1 aromatic rings. The molecule has 0 saturated heterocycles. The van der Waals surface area contributed by atoms with Crippen molar-refractivity contribution in [3.8, 4) is 0 Å². The second-order valence-electron chi connectivity index (χ2n) is 4.16. The number of amides is 2. The first-order valence-electron chi connectivity index (χ1n) is 5.55. The maximum atomic E-state index is 11.8. The standard InChI is InChI=1S/C12H15Cl2N3O2/c1-17(2)10(18)3-4-16-12(19)7-5-8(13)11(14)9(15)6-7/h5-6H,3-4,15H2,1-2H3,(H,16,19). The highest BCUT2D eigenvalue weighted by Gasteiger charge is 2.11. The van der Waals surface area contributed by atoms with Crippen LogP contribution in [0, 0.1) is 0 Å². The summed E-state index contributed by atoms with van der Waals surface area (Å²) in [6.07, 6.45) is 0.232. The summed E-state index contributed by atoms with van der Waals surface area (Å²) in [6.45, 7) is 0.246. The molecule has 104 valence electrons. The number of hydrogen-bond acceptors (Lipinski definition) is 3. The largest absolute Gasteiger partial charge is 0.397 e. The summed E-state index contributed by atoms with van der Waals surface area (Å²) in [7, 11) is 3.31. The minimum Gasteiger partial charge on any atom is -0.397 e. The lowest BCUT2D eigenvalue weighted by atomic mass is 10.2. The molecule has 0 spiro atoms. The molecule has 0 unspecified atom stereocenters. The van der Waals surface area contributed by atoms with Crippen molar-refractivity contribution in [2.24, 2.45) is 0 Å². The van der Waals surface area contributed by atoms with Crippen LogP contribution >= 0.6 is 23.2 Å². The van der Waals surface area contributed by atoms with E-state index in [0.29, 0.717) is 5.56 Å². The van der Waals surface area contributed by atoms with Gasteiger partial charge in [-0.3, -0.25) is 9.59 Å². The van der Waals surface area contributed by atoms with Crippen molar-refractivity contribution in [1.82, 2.24) is 10.2 Å². The van der Waals surface area contributed by atoms with E-state index in [-0.39, 0.29) is 40.5 Å². The van der Waals surface area contributed by atoms with Crippen LogP contribution in [0.4, 0.5) is 5.69 Å². The molecule has 0 aliphatic heterocycles. The number of hydrogen-bond donors (Lipinski definition) is 2. The maximum absolute atomic E-state index is 11.8. The first kappa shape index (κ1) is 15.6. The van der Waals surface area contributed by atoms with Crippen LogP contribution in [0.1, 0.15) is 16.8 Å². The SMILES string of the molecule is CN(C)C(=O)CCNC(=O)c1cc(N)c(Cl)c(Cl)c1. The number of nitrogens with two attached hydrogens (primary N) is 1. The summed E-state index contributed by atoms with van der Waals surface area (Å²) in [5.41, 5.74) is 6.17. The van der Waals surface area contributed by atoms with Crippen molar-refractivity contribution in [3.63, 3.8) is 0 Å². The van der Waals surface area contributed by atoms with Crippen molar-refractivity contribution in [3.05, 3.63) is 27.7 Å². The van der Waals surface area contributed by atoms with Gasteiger partial charge < -0.3 is 16.0 Å². The van der Waals surface area contributed by atoms with Gasteiger partial charge in [-0.15, -0.1) is 0 Å². The van der Waals surface area contributed by atoms with E-state index >= 15 is 0 Å². The van der Waals surface area contributed by atoms with Crippen LogP contribution < -0.4 is 11.1 Å². The summed E-state index contributed by atoms with van der Waals surface area (Å²) >= 11 is 11.6. The van der Waals surface area contributed by atoms with E-state index in [1.165, 1.54) is 17.0 Å². The highest BCUT2D eigenvalue weighted by atomic mass is 35.5. The minimum absolute atomic E-state index is 0.0612. The van der Waals surface area contributed by atoms with Gasteiger partial charge in [0.05, 0.1) is 15.7 Å². The van der Waals surface area contributed by atoms with Gasteiger partial charge in [-0.1, -0.05) is 23.2 Å². The van der Waals surface area contributed by atoms with E-state index in [4.69, 9.17) is 28.9 Å². The van der Waals surface area contributed by atoms with Gasteiger partial charge >= 0.3 is 0 Å². The summed E-state index contributed by atoms with van der Waals surface area (Å²) in [6, 6.07) is 2.88. The Balaban J connectivity index is 2.62. The normalized spacial score (nSPS) is 10.1. The lowest BCUT2D eigenvalue weighted by molar-refractivity contribution is -0.128. The Bertz CT molecular complexity index is 481. The molecule has 7 heteroatoms. The average molecular weight is 304 g/mol. The molecular weight excluding hydrogens is 289 g/mol. The molecule has 0 aromatic heterocycles. The first-order chi connectivity index (χ1) is 8.82. The maximum Gasteiger partial charge on any atom is 0.251 e. The molecule has 0 saturated carbocycles. The van der Waals surface area contributed by atoms with E-state index in [0.717, 1.165) is 0 Å². The van der Waals surface area contributed by atoms with Crippen molar-refractivity contribution in [1.29, 1.82) is 0 Å². The Labute approximate surface area is 121 Å². The van der Waals surface area contributed by atoms with Crippen LogP contribution in [0.3, 0.4) is 0 Å². The number of nitrogens with zero attached hydrogens (tertiary/aromatic N) is 1. The van der Waals surface area contributed by atoms with E-state index in [2.05, 4.69) is 5.32 Å². The minimum atomic E-state index is -0.350. The number of nitrogens with one attached hydrogen (secondary N) is 1.